The Morgan fingerprint density at radius 3 is 2.35 bits per heavy atom. The van der Waals surface area contributed by atoms with Crippen LogP contribution >= 0.6 is 0 Å². The summed E-state index contributed by atoms with van der Waals surface area (Å²) in [5.41, 5.74) is 2.02. The van der Waals surface area contributed by atoms with E-state index in [0.29, 0.717) is 5.52 Å². The molecule has 5 heteroatoms. The lowest BCUT2D eigenvalue weighted by Crippen LogP contribution is -2.27. The van der Waals surface area contributed by atoms with Crippen molar-refractivity contribution < 1.29 is 5.11 Å². The molecule has 110 valence electrons. The van der Waals surface area contributed by atoms with E-state index in [1.54, 1.807) is 6.07 Å². The summed E-state index contributed by atoms with van der Waals surface area (Å²) in [6.07, 6.45) is 3.16. The van der Waals surface area contributed by atoms with Crippen LogP contribution in [0.1, 0.15) is 32.3 Å². The number of aromatic hydroxyl groups is 1. The van der Waals surface area contributed by atoms with E-state index in [1.165, 1.54) is 0 Å². The predicted octanol–water partition coefficient (Wildman–Crippen LogP) is 2.23. The smallest absolute Gasteiger partial charge is 0.323 e. The molecule has 0 aliphatic heterocycles. The highest BCUT2D eigenvalue weighted by molar-refractivity contribution is 5.83. The second kappa shape index (κ2) is 6.61. The molecule has 0 bridgehead atoms. The van der Waals surface area contributed by atoms with Crippen LogP contribution in [-0.2, 0) is 6.42 Å². The number of nitrogens with zero attached hydrogens (tertiary/aromatic N) is 1. The van der Waals surface area contributed by atoms with E-state index < -0.39 is 0 Å². The van der Waals surface area contributed by atoms with Gasteiger partial charge in [0.15, 0.2) is 0 Å². The Hall–Kier alpha value is -1.75. The first kappa shape index (κ1) is 14.7. The number of aromatic nitrogens is 2. The number of hydrogen-bond donors (Lipinski definition) is 3. The van der Waals surface area contributed by atoms with Gasteiger partial charge in [0.1, 0.15) is 11.3 Å². The molecular weight excluding hydrogens is 254 g/mol. The van der Waals surface area contributed by atoms with Crippen molar-refractivity contribution in [2.75, 3.05) is 19.6 Å². The summed E-state index contributed by atoms with van der Waals surface area (Å²) < 4.78 is 0. The molecule has 1 heterocycles. The third-order valence-electron chi connectivity index (χ3n) is 3.52. The molecule has 0 saturated carbocycles. The van der Waals surface area contributed by atoms with Gasteiger partial charge in [0.25, 0.3) is 0 Å². The highest BCUT2D eigenvalue weighted by Gasteiger charge is 2.10. The number of phenolic OH excluding ortho intramolecular Hbond substituents is 1. The SMILES string of the molecule is CCCN(CCC)CCc1ccc(O)c2[nH]c(=O)[nH]c12. The predicted molar refractivity (Wildman–Crippen MR) is 81.3 cm³/mol. The molecule has 1 aromatic heterocycles. The summed E-state index contributed by atoms with van der Waals surface area (Å²) in [6.45, 7) is 7.53. The Morgan fingerprint density at radius 2 is 1.70 bits per heavy atom. The highest BCUT2D eigenvalue weighted by Crippen LogP contribution is 2.23. The molecule has 1 aromatic carbocycles. The van der Waals surface area contributed by atoms with Crippen LogP contribution in [0.2, 0.25) is 0 Å². The zero-order valence-electron chi connectivity index (χ0n) is 12.2. The normalized spacial score (nSPS) is 11.6. The van der Waals surface area contributed by atoms with Crippen LogP contribution in [0.3, 0.4) is 0 Å². The van der Waals surface area contributed by atoms with E-state index in [4.69, 9.17) is 0 Å². The number of phenols is 1. The molecule has 0 aliphatic carbocycles. The monoisotopic (exact) mass is 277 g/mol. The van der Waals surface area contributed by atoms with E-state index in [1.807, 2.05) is 6.07 Å². The van der Waals surface area contributed by atoms with Gasteiger partial charge in [0, 0.05) is 6.54 Å². The first-order chi connectivity index (χ1) is 9.65. The lowest BCUT2D eigenvalue weighted by molar-refractivity contribution is 0.278. The maximum atomic E-state index is 11.4. The van der Waals surface area contributed by atoms with Crippen molar-refractivity contribution in [3.8, 4) is 5.75 Å². The summed E-state index contributed by atoms with van der Waals surface area (Å²) >= 11 is 0. The summed E-state index contributed by atoms with van der Waals surface area (Å²) in [5, 5.41) is 9.75. The quantitative estimate of drug-likeness (QED) is 0.726. The van der Waals surface area contributed by atoms with Crippen molar-refractivity contribution in [1.82, 2.24) is 14.9 Å². The third-order valence-corrected chi connectivity index (χ3v) is 3.52. The van der Waals surface area contributed by atoms with Gasteiger partial charge in [0.05, 0.1) is 5.52 Å². The first-order valence-electron chi connectivity index (χ1n) is 7.30. The Kier molecular flexibility index (Phi) is 4.84. The number of nitrogens with one attached hydrogen (secondary N) is 2. The molecule has 3 N–H and O–H groups in total. The Labute approximate surface area is 118 Å². The number of benzene rings is 1. The molecule has 0 unspecified atom stereocenters. The van der Waals surface area contributed by atoms with E-state index in [-0.39, 0.29) is 11.4 Å². The van der Waals surface area contributed by atoms with Crippen molar-refractivity contribution in [1.29, 1.82) is 0 Å². The number of aromatic amines is 2. The lowest BCUT2D eigenvalue weighted by atomic mass is 10.1. The summed E-state index contributed by atoms with van der Waals surface area (Å²) in [7, 11) is 0. The average molecular weight is 277 g/mol. The summed E-state index contributed by atoms with van der Waals surface area (Å²) in [6, 6.07) is 3.53. The highest BCUT2D eigenvalue weighted by atomic mass is 16.3. The van der Waals surface area contributed by atoms with E-state index in [9.17, 15) is 9.90 Å². The Morgan fingerprint density at radius 1 is 1.05 bits per heavy atom. The van der Waals surface area contributed by atoms with Crippen LogP contribution in [0.5, 0.6) is 5.75 Å². The van der Waals surface area contributed by atoms with Crippen molar-refractivity contribution in [3.05, 3.63) is 28.2 Å². The van der Waals surface area contributed by atoms with Gasteiger partial charge in [0.2, 0.25) is 0 Å². The van der Waals surface area contributed by atoms with Gasteiger partial charge in [-0.25, -0.2) is 4.79 Å². The van der Waals surface area contributed by atoms with Gasteiger partial charge >= 0.3 is 5.69 Å². The van der Waals surface area contributed by atoms with Gasteiger partial charge in [-0.15, -0.1) is 0 Å². The van der Waals surface area contributed by atoms with Gasteiger partial charge < -0.3 is 20.0 Å². The van der Waals surface area contributed by atoms with Crippen molar-refractivity contribution in [2.24, 2.45) is 0 Å². The number of H-pyrrole nitrogens is 2. The van der Waals surface area contributed by atoms with E-state index >= 15 is 0 Å². The van der Waals surface area contributed by atoms with Crippen LogP contribution in [0.4, 0.5) is 0 Å². The van der Waals surface area contributed by atoms with E-state index in [2.05, 4.69) is 28.7 Å². The summed E-state index contributed by atoms with van der Waals surface area (Å²) in [5.74, 6) is 0.112. The Balaban J connectivity index is 2.17. The molecule has 0 aliphatic rings. The van der Waals surface area contributed by atoms with Crippen LogP contribution in [-0.4, -0.2) is 39.6 Å². The molecule has 0 fully saturated rings. The fraction of sp³-hybridized carbons (Fsp3) is 0.533. The van der Waals surface area contributed by atoms with Gasteiger partial charge in [-0.2, -0.15) is 0 Å². The maximum Gasteiger partial charge on any atom is 0.323 e. The second-order valence-corrected chi connectivity index (χ2v) is 5.16. The minimum atomic E-state index is -0.276. The molecule has 0 radical (unpaired) electrons. The molecule has 0 amide bonds. The average Bonchev–Trinajstić information content (AvgIpc) is 2.81. The zero-order chi connectivity index (χ0) is 14.5. The molecule has 0 atom stereocenters. The van der Waals surface area contributed by atoms with Crippen molar-refractivity contribution in [2.45, 2.75) is 33.1 Å². The number of hydrogen-bond acceptors (Lipinski definition) is 3. The molecule has 20 heavy (non-hydrogen) atoms. The van der Waals surface area contributed by atoms with Gasteiger partial charge in [-0.3, -0.25) is 0 Å². The number of fused-ring (bicyclic) bond motifs is 1. The standard InChI is InChI=1S/C15H23N3O2/c1-3-8-18(9-4-2)10-7-11-5-6-12(19)14-13(11)16-15(20)17-14/h5-6,19H,3-4,7-10H2,1-2H3,(H2,16,17,20). The topological polar surface area (TPSA) is 72.1 Å². The van der Waals surface area contributed by atoms with Crippen LogP contribution in [0.15, 0.2) is 16.9 Å². The van der Waals surface area contributed by atoms with Crippen LogP contribution < -0.4 is 5.69 Å². The molecule has 0 spiro atoms. The minimum absolute atomic E-state index is 0.112. The molecular formula is C15H23N3O2. The lowest BCUT2D eigenvalue weighted by Gasteiger charge is -2.20. The summed E-state index contributed by atoms with van der Waals surface area (Å²) in [4.78, 5) is 19.2. The third kappa shape index (κ3) is 3.22. The molecule has 0 saturated heterocycles. The van der Waals surface area contributed by atoms with E-state index in [0.717, 1.165) is 50.0 Å². The number of rotatable bonds is 7. The first-order valence-corrected chi connectivity index (χ1v) is 7.30. The van der Waals surface area contributed by atoms with Crippen LogP contribution in [0.25, 0.3) is 11.0 Å². The Bertz CT molecular complexity index is 609. The van der Waals surface area contributed by atoms with Crippen molar-refractivity contribution >= 4 is 11.0 Å². The maximum absolute atomic E-state index is 11.4. The number of imidazole rings is 1. The van der Waals surface area contributed by atoms with Gasteiger partial charge in [-0.1, -0.05) is 19.9 Å². The van der Waals surface area contributed by atoms with Crippen molar-refractivity contribution in [3.63, 3.8) is 0 Å². The molecule has 5 nitrogen and oxygen atoms in total. The van der Waals surface area contributed by atoms with Gasteiger partial charge in [-0.05, 0) is 44.0 Å². The van der Waals surface area contributed by atoms with Crippen LogP contribution in [0, 0.1) is 0 Å². The zero-order valence-corrected chi connectivity index (χ0v) is 12.2. The second-order valence-electron chi connectivity index (χ2n) is 5.16. The molecule has 2 aromatic rings. The molecule has 2 rings (SSSR count). The largest absolute Gasteiger partial charge is 0.506 e. The fourth-order valence-corrected chi connectivity index (χ4v) is 2.62. The fourth-order valence-electron chi connectivity index (χ4n) is 2.62. The minimum Gasteiger partial charge on any atom is -0.506 e.